The summed E-state index contributed by atoms with van der Waals surface area (Å²) < 4.78 is 0. The number of nitrogens with one attached hydrogen (secondary N) is 3. The van der Waals surface area contributed by atoms with E-state index in [2.05, 4.69) is 42.7 Å². The molecule has 6 nitrogen and oxygen atoms in total. The van der Waals surface area contributed by atoms with Gasteiger partial charge in [-0.3, -0.25) is 0 Å². The summed E-state index contributed by atoms with van der Waals surface area (Å²) in [6.07, 6.45) is 6.45. The van der Waals surface area contributed by atoms with Crippen LogP contribution in [0.15, 0.2) is 49.1 Å². The fourth-order valence-corrected chi connectivity index (χ4v) is 2.85. The van der Waals surface area contributed by atoms with Gasteiger partial charge < -0.3 is 15.6 Å². The number of nitrogens with zero attached hydrogens (tertiary/aromatic N) is 3. The molecule has 0 bridgehead atoms. The molecule has 0 saturated carbocycles. The van der Waals surface area contributed by atoms with Crippen LogP contribution in [0, 0.1) is 0 Å². The van der Waals surface area contributed by atoms with Crippen molar-refractivity contribution in [3.05, 3.63) is 71.6 Å². The molecular weight excluding hydrogens is 288 g/mol. The van der Waals surface area contributed by atoms with Crippen LogP contribution in [0.2, 0.25) is 0 Å². The normalized spacial score (nSPS) is 16.8. The molecule has 4 rings (SSSR count). The molecule has 6 heteroatoms. The van der Waals surface area contributed by atoms with Gasteiger partial charge in [0.15, 0.2) is 0 Å². The Balaban J connectivity index is 1.47. The molecule has 0 aliphatic carbocycles. The molecule has 1 aromatic carbocycles. The second-order valence-electron chi connectivity index (χ2n) is 5.58. The van der Waals surface area contributed by atoms with Crippen LogP contribution in [-0.2, 0) is 13.0 Å². The summed E-state index contributed by atoms with van der Waals surface area (Å²) in [6, 6.07) is 10.3. The van der Waals surface area contributed by atoms with Crippen LogP contribution >= 0.6 is 0 Å². The molecule has 0 fully saturated rings. The lowest BCUT2D eigenvalue weighted by Crippen LogP contribution is -2.30. The number of aromatic amines is 1. The summed E-state index contributed by atoms with van der Waals surface area (Å²) in [4.78, 5) is 16.5. The Morgan fingerprint density at radius 3 is 2.74 bits per heavy atom. The molecule has 1 atom stereocenters. The standard InChI is InChI=1S/C17H18N6/c1-2-4-12(5-3-1)8-19-17-20-9-13(10-21-17)15-16-14(6-7-18-15)22-11-23-16/h1-5,9-11,15,18H,6-8H2,(H,22,23)(H,19,20,21). The highest BCUT2D eigenvalue weighted by atomic mass is 15.1. The molecule has 0 saturated heterocycles. The van der Waals surface area contributed by atoms with Crippen LogP contribution in [0.4, 0.5) is 5.95 Å². The first-order chi connectivity index (χ1) is 11.4. The molecule has 2 aromatic heterocycles. The van der Waals surface area contributed by atoms with Gasteiger partial charge in [-0.25, -0.2) is 15.0 Å². The Kier molecular flexibility index (Phi) is 3.73. The summed E-state index contributed by atoms with van der Waals surface area (Å²) in [7, 11) is 0. The van der Waals surface area contributed by atoms with Gasteiger partial charge in [0, 0.05) is 43.2 Å². The zero-order chi connectivity index (χ0) is 15.5. The smallest absolute Gasteiger partial charge is 0.222 e. The number of imidazole rings is 1. The molecule has 0 spiro atoms. The van der Waals surface area contributed by atoms with Crippen LogP contribution in [-0.4, -0.2) is 26.5 Å². The van der Waals surface area contributed by atoms with Gasteiger partial charge in [0.05, 0.1) is 18.1 Å². The maximum Gasteiger partial charge on any atom is 0.222 e. The van der Waals surface area contributed by atoms with Gasteiger partial charge in [0.1, 0.15) is 0 Å². The van der Waals surface area contributed by atoms with Crippen molar-refractivity contribution in [2.24, 2.45) is 0 Å². The van der Waals surface area contributed by atoms with E-state index in [4.69, 9.17) is 0 Å². The average molecular weight is 306 g/mol. The zero-order valence-electron chi connectivity index (χ0n) is 12.7. The number of fused-ring (bicyclic) bond motifs is 1. The van der Waals surface area contributed by atoms with Crippen molar-refractivity contribution in [3.63, 3.8) is 0 Å². The van der Waals surface area contributed by atoms with Gasteiger partial charge in [0.2, 0.25) is 5.95 Å². The minimum atomic E-state index is 0.0631. The van der Waals surface area contributed by atoms with Crippen LogP contribution in [0.5, 0.6) is 0 Å². The monoisotopic (exact) mass is 306 g/mol. The minimum absolute atomic E-state index is 0.0631. The lowest BCUT2D eigenvalue weighted by molar-refractivity contribution is 0.551. The highest BCUT2D eigenvalue weighted by molar-refractivity contribution is 5.33. The number of hydrogen-bond acceptors (Lipinski definition) is 5. The third-order valence-electron chi connectivity index (χ3n) is 4.05. The van der Waals surface area contributed by atoms with E-state index < -0.39 is 0 Å². The highest BCUT2D eigenvalue weighted by Gasteiger charge is 2.24. The van der Waals surface area contributed by atoms with E-state index in [9.17, 15) is 0 Å². The predicted octanol–water partition coefficient (Wildman–Crippen LogP) is 2.05. The third-order valence-corrected chi connectivity index (χ3v) is 4.05. The van der Waals surface area contributed by atoms with E-state index in [0.717, 1.165) is 24.2 Å². The van der Waals surface area contributed by atoms with Crippen LogP contribution in [0.3, 0.4) is 0 Å². The summed E-state index contributed by atoms with van der Waals surface area (Å²) in [6.45, 7) is 1.64. The predicted molar refractivity (Wildman–Crippen MR) is 87.9 cm³/mol. The summed E-state index contributed by atoms with van der Waals surface area (Å²) >= 11 is 0. The van der Waals surface area contributed by atoms with Crippen LogP contribution in [0.25, 0.3) is 0 Å². The van der Waals surface area contributed by atoms with Crippen molar-refractivity contribution in [1.82, 2.24) is 25.3 Å². The Hall–Kier alpha value is -2.73. The lowest BCUT2D eigenvalue weighted by atomic mass is 10.0. The third kappa shape index (κ3) is 2.93. The maximum atomic E-state index is 4.43. The first-order valence-electron chi connectivity index (χ1n) is 7.75. The van der Waals surface area contributed by atoms with E-state index in [-0.39, 0.29) is 6.04 Å². The number of anilines is 1. The van der Waals surface area contributed by atoms with Crippen molar-refractivity contribution >= 4 is 5.95 Å². The summed E-state index contributed by atoms with van der Waals surface area (Å²) in [5.41, 5.74) is 4.48. The van der Waals surface area contributed by atoms with Gasteiger partial charge in [-0.05, 0) is 5.56 Å². The zero-order valence-corrected chi connectivity index (χ0v) is 12.7. The van der Waals surface area contributed by atoms with E-state index >= 15 is 0 Å². The fraction of sp³-hybridized carbons (Fsp3) is 0.235. The maximum absolute atomic E-state index is 4.43. The minimum Gasteiger partial charge on any atom is -0.350 e. The molecular formula is C17H18N6. The van der Waals surface area contributed by atoms with Crippen molar-refractivity contribution in [2.45, 2.75) is 19.0 Å². The molecule has 23 heavy (non-hydrogen) atoms. The number of aromatic nitrogens is 4. The van der Waals surface area contributed by atoms with Gasteiger partial charge >= 0.3 is 0 Å². The van der Waals surface area contributed by atoms with E-state index in [0.29, 0.717) is 12.5 Å². The molecule has 116 valence electrons. The molecule has 3 heterocycles. The molecule has 3 N–H and O–H groups in total. The number of benzene rings is 1. The SMILES string of the molecule is c1ccc(CNc2ncc(C3NCCc4[nH]cnc43)cn2)cc1. The molecule has 0 amide bonds. The molecule has 0 radical (unpaired) electrons. The average Bonchev–Trinajstić information content (AvgIpc) is 3.10. The lowest BCUT2D eigenvalue weighted by Gasteiger charge is -2.22. The Bertz CT molecular complexity index is 765. The molecule has 1 unspecified atom stereocenters. The van der Waals surface area contributed by atoms with E-state index in [1.165, 1.54) is 11.3 Å². The Morgan fingerprint density at radius 2 is 1.91 bits per heavy atom. The molecule has 3 aromatic rings. The largest absolute Gasteiger partial charge is 0.350 e. The second kappa shape index (κ2) is 6.18. The molecule has 1 aliphatic rings. The van der Waals surface area contributed by atoms with Gasteiger partial charge in [0.25, 0.3) is 0 Å². The van der Waals surface area contributed by atoms with E-state index in [1.54, 1.807) is 6.33 Å². The first-order valence-corrected chi connectivity index (χ1v) is 7.75. The first kappa shape index (κ1) is 13.9. The van der Waals surface area contributed by atoms with Crippen molar-refractivity contribution < 1.29 is 0 Å². The molecule has 1 aliphatic heterocycles. The van der Waals surface area contributed by atoms with Gasteiger partial charge in [-0.1, -0.05) is 30.3 Å². The highest BCUT2D eigenvalue weighted by Crippen LogP contribution is 2.25. The number of rotatable bonds is 4. The van der Waals surface area contributed by atoms with E-state index in [1.807, 2.05) is 30.6 Å². The Labute approximate surface area is 134 Å². The van der Waals surface area contributed by atoms with Crippen molar-refractivity contribution in [2.75, 3.05) is 11.9 Å². The van der Waals surface area contributed by atoms with Crippen molar-refractivity contribution in [1.29, 1.82) is 0 Å². The summed E-state index contributed by atoms with van der Waals surface area (Å²) in [5, 5.41) is 6.71. The Morgan fingerprint density at radius 1 is 1.09 bits per heavy atom. The topological polar surface area (TPSA) is 78.5 Å². The second-order valence-corrected chi connectivity index (χ2v) is 5.58. The quantitative estimate of drug-likeness (QED) is 0.687. The van der Waals surface area contributed by atoms with Gasteiger partial charge in [-0.2, -0.15) is 0 Å². The van der Waals surface area contributed by atoms with Crippen LogP contribution < -0.4 is 10.6 Å². The van der Waals surface area contributed by atoms with Crippen molar-refractivity contribution in [3.8, 4) is 0 Å². The van der Waals surface area contributed by atoms with Gasteiger partial charge in [-0.15, -0.1) is 0 Å². The number of H-pyrrole nitrogens is 1. The fourth-order valence-electron chi connectivity index (χ4n) is 2.85. The number of hydrogen-bond donors (Lipinski definition) is 3. The summed E-state index contributed by atoms with van der Waals surface area (Å²) in [5.74, 6) is 0.635. The van der Waals surface area contributed by atoms with Crippen LogP contribution in [0.1, 0.15) is 28.6 Å².